The number of rotatable bonds is 52. The maximum absolute atomic E-state index is 12.6. The van der Waals surface area contributed by atoms with E-state index in [4.69, 9.17) is 78.9 Å². The number of methoxy groups -OCH3 is 1. The van der Waals surface area contributed by atoms with Crippen molar-refractivity contribution in [1.82, 2.24) is 30.7 Å². The number of alkyl halides is 1. The van der Waals surface area contributed by atoms with Gasteiger partial charge in [-0.05, 0) is 90.9 Å². The van der Waals surface area contributed by atoms with Crippen molar-refractivity contribution in [3.63, 3.8) is 0 Å². The van der Waals surface area contributed by atoms with E-state index >= 15 is 0 Å². The molecule has 0 fully saturated rings. The Morgan fingerprint density at radius 3 is 1.97 bits per heavy atom. The fourth-order valence-corrected chi connectivity index (χ4v) is 8.09. The van der Waals surface area contributed by atoms with Crippen molar-refractivity contribution in [2.24, 2.45) is 0 Å². The summed E-state index contributed by atoms with van der Waals surface area (Å²) in [7, 11) is 1.67. The number of halogens is 1. The number of nitrogens with zero attached hydrogens (tertiary/aromatic N) is 5. The van der Waals surface area contributed by atoms with Crippen LogP contribution >= 0.6 is 11.6 Å². The molecule has 2 aromatic heterocycles. The van der Waals surface area contributed by atoms with Gasteiger partial charge < -0.3 is 72.2 Å². The number of esters is 1. The second-order valence-electron chi connectivity index (χ2n) is 19.2. The Balaban J connectivity index is 0.723. The Labute approximate surface area is 515 Å². The lowest BCUT2D eigenvalue weighted by Gasteiger charge is -2.11. The van der Waals surface area contributed by atoms with E-state index in [0.29, 0.717) is 187 Å². The van der Waals surface area contributed by atoms with Crippen molar-refractivity contribution >= 4 is 35.2 Å². The van der Waals surface area contributed by atoms with E-state index in [0.717, 1.165) is 41.0 Å². The lowest BCUT2D eigenvalue weighted by molar-refractivity contribution is -0.739. The summed E-state index contributed by atoms with van der Waals surface area (Å²) in [5.41, 5.74) is 12.1. The van der Waals surface area contributed by atoms with Gasteiger partial charge in [-0.15, -0.1) is 21.4 Å². The second kappa shape index (κ2) is 45.6. The number of benzene rings is 3. The van der Waals surface area contributed by atoms with E-state index in [1.807, 2.05) is 48.7 Å². The molecule has 4 N–H and O–H groups in total. The molecule has 87 heavy (non-hydrogen) atoms. The van der Waals surface area contributed by atoms with Gasteiger partial charge in [0.1, 0.15) is 36.0 Å². The highest BCUT2D eigenvalue weighted by Gasteiger charge is 2.13. The van der Waals surface area contributed by atoms with Crippen molar-refractivity contribution in [3.8, 4) is 22.8 Å². The molecule has 0 aliphatic rings. The number of nitrogens with two attached hydrogens (primary N) is 1. The van der Waals surface area contributed by atoms with Gasteiger partial charge in [-0.25, -0.2) is 4.68 Å². The number of nitrogens with one attached hydrogen (secondary N) is 2. The first-order valence-corrected chi connectivity index (χ1v) is 30.0. The van der Waals surface area contributed by atoms with E-state index in [-0.39, 0.29) is 50.6 Å². The largest absolute Gasteiger partial charge is 0.496 e. The number of aromatic nitrogens is 5. The van der Waals surface area contributed by atoms with E-state index in [2.05, 4.69) is 50.8 Å². The Hall–Kier alpha value is -6.68. The Morgan fingerprint density at radius 2 is 1.30 bits per heavy atom. The number of hydrogen-bond acceptors (Lipinski definition) is 20. The van der Waals surface area contributed by atoms with Gasteiger partial charge in [0, 0.05) is 49.0 Å². The molecule has 0 saturated carbocycles. The van der Waals surface area contributed by atoms with Crippen LogP contribution in [0.1, 0.15) is 58.4 Å². The maximum atomic E-state index is 12.6. The van der Waals surface area contributed by atoms with Crippen LogP contribution in [0.3, 0.4) is 0 Å². The number of hydrogen-bond donors (Lipinski definition) is 3. The highest BCUT2D eigenvalue weighted by molar-refractivity contribution is 6.17. The fourth-order valence-electron chi connectivity index (χ4n) is 7.95. The number of ether oxygens (including phenoxy) is 13. The third kappa shape index (κ3) is 31.7. The van der Waals surface area contributed by atoms with E-state index in [1.54, 1.807) is 34.7 Å². The molecule has 0 aliphatic carbocycles. The number of amides is 2. The zero-order chi connectivity index (χ0) is 61.6. The number of anilines is 1. The summed E-state index contributed by atoms with van der Waals surface area (Å²) in [5, 5.41) is 18.6. The summed E-state index contributed by atoms with van der Waals surface area (Å²) in [6.07, 6.45) is 6.91. The standard InChI is InChI=1S/C62H87ClN8O16/c1-3-26-86-61(73)7-5-24-71-59(64)19-18-57(68-71)52-14-16-56(17-15-52)87-49-85-44-42-83-40-38-81-36-34-79-33-35-80-37-39-82-41-43-84-48-55-47-70(69-67-55)25-30-78-32-31-77-28-21-60(72)66-46-51-9-12-54(13-10-51)62(74)65-23-29-76-27-20-53-11-8-50(6-4-22-63)45-58(53)75-2/h3,8-19,45,47,64H,1,4-7,20-44,46,48-49H2,2H3,(H2,65,66,72,74)/p+1. The molecule has 24 nitrogen and oxygen atoms in total. The molecule has 0 aliphatic heterocycles. The summed E-state index contributed by atoms with van der Waals surface area (Å²) in [6, 6.07) is 24.5. The number of carbonyl (C=O) groups is 3. The van der Waals surface area contributed by atoms with Crippen molar-refractivity contribution in [2.45, 2.75) is 64.8 Å². The summed E-state index contributed by atoms with van der Waals surface area (Å²) in [5.74, 6) is 2.02. The molecular formula is C62H88ClN8O16+. The molecule has 0 spiro atoms. The number of aryl methyl sites for hydroxylation is 2. The van der Waals surface area contributed by atoms with Crippen molar-refractivity contribution in [2.75, 3.05) is 158 Å². The molecule has 2 heterocycles. The third-order valence-electron chi connectivity index (χ3n) is 12.6. The average Bonchev–Trinajstić information content (AvgIpc) is 4.22. The lowest BCUT2D eigenvalue weighted by Crippen LogP contribution is -2.41. The molecule has 5 aromatic rings. The normalized spacial score (nSPS) is 11.2. The van der Waals surface area contributed by atoms with Crippen LogP contribution in [0.2, 0.25) is 0 Å². The third-order valence-corrected chi connectivity index (χ3v) is 12.9. The molecule has 0 radical (unpaired) electrons. The minimum atomic E-state index is -0.284. The molecule has 25 heteroatoms. The first kappa shape index (κ1) is 71.1. The molecule has 0 atom stereocenters. The monoisotopic (exact) mass is 1240 g/mol. The van der Waals surface area contributed by atoms with Gasteiger partial charge in [0.25, 0.3) is 11.7 Å². The first-order valence-electron chi connectivity index (χ1n) is 29.4. The summed E-state index contributed by atoms with van der Waals surface area (Å²) in [6.45, 7) is 13.3. The van der Waals surface area contributed by atoms with Crippen LogP contribution in [-0.4, -0.2) is 190 Å². The quantitative estimate of drug-likeness (QED) is 0.0112. The molecule has 0 saturated heterocycles. The van der Waals surface area contributed by atoms with Gasteiger partial charge in [-0.2, -0.15) is 0 Å². The molecule has 2 amide bonds. The van der Waals surface area contributed by atoms with Crippen LogP contribution in [0.4, 0.5) is 5.82 Å². The van der Waals surface area contributed by atoms with Gasteiger partial charge in [0.2, 0.25) is 5.91 Å². The van der Waals surface area contributed by atoms with Crippen molar-refractivity contribution < 1.29 is 80.6 Å². The predicted molar refractivity (Wildman–Crippen MR) is 323 cm³/mol. The van der Waals surface area contributed by atoms with Gasteiger partial charge >= 0.3 is 5.97 Å². The predicted octanol–water partition coefficient (Wildman–Crippen LogP) is 5.28. The van der Waals surface area contributed by atoms with Crippen LogP contribution in [0.5, 0.6) is 11.5 Å². The van der Waals surface area contributed by atoms with Crippen molar-refractivity contribution in [1.29, 1.82) is 0 Å². The molecule has 0 unspecified atom stereocenters. The van der Waals surface area contributed by atoms with Gasteiger partial charge in [-0.3, -0.25) is 20.1 Å². The Morgan fingerprint density at radius 1 is 0.667 bits per heavy atom. The lowest BCUT2D eigenvalue weighted by atomic mass is 10.0. The van der Waals surface area contributed by atoms with Crippen LogP contribution in [-0.2, 0) is 101 Å². The number of carbonyl (C=O) groups excluding carboxylic acids is 3. The van der Waals surface area contributed by atoms with Crippen LogP contribution in [0.25, 0.3) is 11.3 Å². The van der Waals surface area contributed by atoms with E-state index in [9.17, 15) is 14.4 Å². The maximum Gasteiger partial charge on any atom is 0.306 e. The fraction of sp³-hybridized carbons (Fsp3) is 0.532. The zero-order valence-electron chi connectivity index (χ0n) is 50.2. The highest BCUT2D eigenvalue weighted by atomic mass is 35.5. The Bertz CT molecular complexity index is 2670. The average molecular weight is 1240 g/mol. The van der Waals surface area contributed by atoms with Gasteiger partial charge in [-0.1, -0.05) is 47.2 Å². The SMILES string of the molecule is C=CCOC(=O)CCC[n+]1nc(-c2ccc(OCOCCOCCOCCOCCOCCOCCOCc3cn(CCOCCOCCC(=O)NCc4ccc(C(=O)NCCOCCc5ccc(CCCCl)cc5OC)cc4)nn3)cc2)ccc1N. The Kier molecular flexibility index (Phi) is 37.2. The topological polar surface area (TPSA) is 269 Å². The highest BCUT2D eigenvalue weighted by Crippen LogP contribution is 2.23. The molecule has 0 bridgehead atoms. The number of nitrogen functional groups attached to an aromatic ring is 1. The summed E-state index contributed by atoms with van der Waals surface area (Å²) < 4.78 is 75.6. The molecule has 3 aromatic carbocycles. The molecule has 5 rings (SSSR count). The van der Waals surface area contributed by atoms with Gasteiger partial charge in [0.05, 0.1) is 145 Å². The van der Waals surface area contributed by atoms with Crippen LogP contribution < -0.4 is 30.5 Å². The second-order valence-corrected chi connectivity index (χ2v) is 19.6. The van der Waals surface area contributed by atoms with E-state index < -0.39 is 0 Å². The summed E-state index contributed by atoms with van der Waals surface area (Å²) in [4.78, 5) is 36.8. The molecule has 478 valence electrons. The van der Waals surface area contributed by atoms with Crippen LogP contribution in [0.15, 0.2) is 97.7 Å². The minimum Gasteiger partial charge on any atom is -0.496 e. The zero-order valence-corrected chi connectivity index (χ0v) is 51.0. The van der Waals surface area contributed by atoms with Crippen molar-refractivity contribution in [3.05, 3.63) is 126 Å². The summed E-state index contributed by atoms with van der Waals surface area (Å²) >= 11 is 5.82. The minimum absolute atomic E-state index is 0.0809. The van der Waals surface area contributed by atoms with Gasteiger partial charge in [0.15, 0.2) is 6.79 Å². The van der Waals surface area contributed by atoms with Crippen LogP contribution in [0, 0.1) is 0 Å². The smallest absolute Gasteiger partial charge is 0.306 e. The first-order chi connectivity index (χ1) is 42.7. The molecular weight excluding hydrogens is 1150 g/mol. The van der Waals surface area contributed by atoms with E-state index in [1.165, 1.54) is 11.6 Å².